The van der Waals surface area contributed by atoms with Crippen LogP contribution in [0, 0.1) is 0 Å². The number of fused-ring (bicyclic) bond motifs is 1. The highest BCUT2D eigenvalue weighted by molar-refractivity contribution is 9.10. The summed E-state index contributed by atoms with van der Waals surface area (Å²) in [6.45, 7) is 4.29. The Labute approximate surface area is 121 Å². The molecule has 1 aromatic rings. The summed E-state index contributed by atoms with van der Waals surface area (Å²) in [6.07, 6.45) is 2.55. The standard InChI is InChI=1S/C14H17BrN2O2/c15-11-6-10(14(18)19)7-13(8-11)17-5-4-16-3-1-2-12(16)9-17/h6-8,12H,1-5,9H2,(H,18,19). The summed E-state index contributed by atoms with van der Waals surface area (Å²) in [5, 5.41) is 9.13. The van der Waals surface area contributed by atoms with Crippen molar-refractivity contribution in [1.82, 2.24) is 4.90 Å². The summed E-state index contributed by atoms with van der Waals surface area (Å²) in [4.78, 5) is 16.0. The van der Waals surface area contributed by atoms with E-state index >= 15 is 0 Å². The molecule has 19 heavy (non-hydrogen) atoms. The highest BCUT2D eigenvalue weighted by atomic mass is 79.9. The van der Waals surface area contributed by atoms with E-state index in [2.05, 4.69) is 25.7 Å². The number of aromatic carboxylic acids is 1. The van der Waals surface area contributed by atoms with Gasteiger partial charge in [0.25, 0.3) is 0 Å². The molecule has 2 fully saturated rings. The molecule has 1 N–H and O–H groups in total. The summed E-state index contributed by atoms with van der Waals surface area (Å²) in [7, 11) is 0. The Kier molecular flexibility index (Phi) is 3.50. The van der Waals surface area contributed by atoms with Gasteiger partial charge >= 0.3 is 5.97 Å². The van der Waals surface area contributed by atoms with Gasteiger partial charge in [-0.05, 0) is 37.6 Å². The number of piperazine rings is 1. The van der Waals surface area contributed by atoms with Crippen molar-refractivity contribution in [3.8, 4) is 0 Å². The minimum atomic E-state index is -0.873. The number of carboxylic acids is 1. The lowest BCUT2D eigenvalue weighted by Crippen LogP contribution is -2.50. The second-order valence-electron chi connectivity index (χ2n) is 5.28. The molecule has 4 nitrogen and oxygen atoms in total. The second-order valence-corrected chi connectivity index (χ2v) is 6.20. The summed E-state index contributed by atoms with van der Waals surface area (Å²) >= 11 is 3.40. The van der Waals surface area contributed by atoms with Crippen molar-refractivity contribution in [2.45, 2.75) is 18.9 Å². The van der Waals surface area contributed by atoms with Crippen LogP contribution in [0.5, 0.6) is 0 Å². The van der Waals surface area contributed by atoms with Crippen LogP contribution in [-0.4, -0.2) is 48.2 Å². The van der Waals surface area contributed by atoms with Gasteiger partial charge in [0.15, 0.2) is 0 Å². The molecule has 0 amide bonds. The van der Waals surface area contributed by atoms with Gasteiger partial charge in [0.1, 0.15) is 0 Å². The van der Waals surface area contributed by atoms with Crippen LogP contribution in [0.1, 0.15) is 23.2 Å². The molecule has 1 aromatic carbocycles. The van der Waals surface area contributed by atoms with Crippen LogP contribution >= 0.6 is 15.9 Å². The summed E-state index contributed by atoms with van der Waals surface area (Å²) < 4.78 is 0.830. The first kappa shape index (κ1) is 12.9. The van der Waals surface area contributed by atoms with Gasteiger partial charge < -0.3 is 10.0 Å². The number of nitrogens with zero attached hydrogens (tertiary/aromatic N) is 2. The summed E-state index contributed by atoms with van der Waals surface area (Å²) in [5.74, 6) is -0.873. The minimum Gasteiger partial charge on any atom is -0.478 e. The molecule has 0 bridgehead atoms. The van der Waals surface area contributed by atoms with Crippen LogP contribution in [0.25, 0.3) is 0 Å². The topological polar surface area (TPSA) is 43.8 Å². The normalized spacial score (nSPS) is 23.4. The van der Waals surface area contributed by atoms with Crippen LogP contribution < -0.4 is 4.90 Å². The lowest BCUT2D eigenvalue weighted by molar-refractivity contribution is 0.0697. The third kappa shape index (κ3) is 2.62. The Bertz CT molecular complexity index is 506. The van der Waals surface area contributed by atoms with E-state index in [0.29, 0.717) is 11.6 Å². The van der Waals surface area contributed by atoms with Crippen LogP contribution in [0.3, 0.4) is 0 Å². The van der Waals surface area contributed by atoms with Crippen molar-refractivity contribution < 1.29 is 9.90 Å². The molecule has 2 aliphatic heterocycles. The number of benzene rings is 1. The highest BCUT2D eigenvalue weighted by Crippen LogP contribution is 2.28. The molecule has 2 saturated heterocycles. The van der Waals surface area contributed by atoms with E-state index in [-0.39, 0.29) is 0 Å². The number of carbonyl (C=O) groups is 1. The van der Waals surface area contributed by atoms with Crippen molar-refractivity contribution >= 4 is 27.6 Å². The molecule has 2 heterocycles. The number of halogens is 1. The first-order valence-corrected chi connectivity index (χ1v) is 7.45. The Morgan fingerprint density at radius 1 is 1.26 bits per heavy atom. The van der Waals surface area contributed by atoms with Crippen LogP contribution in [0.2, 0.25) is 0 Å². The third-order valence-electron chi connectivity index (χ3n) is 4.08. The molecule has 1 atom stereocenters. The zero-order valence-electron chi connectivity index (χ0n) is 10.7. The molecular formula is C14H17BrN2O2. The number of hydrogen-bond donors (Lipinski definition) is 1. The molecular weight excluding hydrogens is 308 g/mol. The SMILES string of the molecule is O=C(O)c1cc(Br)cc(N2CCN3CCCC3C2)c1. The van der Waals surface area contributed by atoms with Gasteiger partial charge in [0.05, 0.1) is 5.56 Å². The minimum absolute atomic E-state index is 0.346. The molecule has 5 heteroatoms. The number of hydrogen-bond acceptors (Lipinski definition) is 3. The molecule has 0 aromatic heterocycles. The Morgan fingerprint density at radius 2 is 2.11 bits per heavy atom. The fraction of sp³-hybridized carbons (Fsp3) is 0.500. The first-order chi connectivity index (χ1) is 9.13. The van der Waals surface area contributed by atoms with Crippen molar-refractivity contribution in [2.24, 2.45) is 0 Å². The molecule has 1 unspecified atom stereocenters. The fourth-order valence-corrected chi connectivity index (χ4v) is 3.59. The number of rotatable bonds is 2. The second kappa shape index (κ2) is 5.13. The molecule has 0 radical (unpaired) electrons. The zero-order valence-corrected chi connectivity index (χ0v) is 12.3. The average molecular weight is 325 g/mol. The third-order valence-corrected chi connectivity index (χ3v) is 4.54. The Balaban J connectivity index is 1.83. The largest absolute Gasteiger partial charge is 0.478 e. The number of carboxylic acid groups (broad SMARTS) is 1. The predicted octanol–water partition coefficient (Wildman–Crippen LogP) is 2.43. The van der Waals surface area contributed by atoms with Gasteiger partial charge in [-0.1, -0.05) is 15.9 Å². The van der Waals surface area contributed by atoms with Gasteiger partial charge in [-0.2, -0.15) is 0 Å². The lowest BCUT2D eigenvalue weighted by Gasteiger charge is -2.39. The van der Waals surface area contributed by atoms with E-state index in [1.165, 1.54) is 19.4 Å². The first-order valence-electron chi connectivity index (χ1n) is 6.66. The van der Waals surface area contributed by atoms with Crippen molar-refractivity contribution in [2.75, 3.05) is 31.1 Å². The monoisotopic (exact) mass is 324 g/mol. The molecule has 3 rings (SSSR count). The van der Waals surface area contributed by atoms with Crippen molar-refractivity contribution in [3.63, 3.8) is 0 Å². The van der Waals surface area contributed by atoms with Crippen molar-refractivity contribution in [1.29, 1.82) is 0 Å². The smallest absolute Gasteiger partial charge is 0.335 e. The lowest BCUT2D eigenvalue weighted by atomic mass is 10.1. The average Bonchev–Trinajstić information content (AvgIpc) is 2.85. The number of anilines is 1. The molecule has 0 saturated carbocycles. The zero-order chi connectivity index (χ0) is 13.4. The van der Waals surface area contributed by atoms with E-state index in [0.717, 1.165) is 29.8 Å². The van der Waals surface area contributed by atoms with E-state index in [1.807, 2.05) is 6.07 Å². The highest BCUT2D eigenvalue weighted by Gasteiger charge is 2.30. The summed E-state index contributed by atoms with van der Waals surface area (Å²) in [5.41, 5.74) is 1.36. The molecule has 0 aliphatic carbocycles. The van der Waals surface area contributed by atoms with E-state index in [1.54, 1.807) is 12.1 Å². The Hall–Kier alpha value is -1.07. The van der Waals surface area contributed by atoms with Gasteiger partial charge in [0.2, 0.25) is 0 Å². The molecule has 102 valence electrons. The summed E-state index contributed by atoms with van der Waals surface area (Å²) in [6, 6.07) is 6.08. The predicted molar refractivity (Wildman–Crippen MR) is 77.9 cm³/mol. The van der Waals surface area contributed by atoms with Crippen LogP contribution in [0.4, 0.5) is 5.69 Å². The maximum atomic E-state index is 11.1. The van der Waals surface area contributed by atoms with E-state index in [9.17, 15) is 4.79 Å². The molecule has 0 spiro atoms. The van der Waals surface area contributed by atoms with Gasteiger partial charge in [0, 0.05) is 35.8 Å². The fourth-order valence-electron chi connectivity index (χ4n) is 3.11. The van der Waals surface area contributed by atoms with Gasteiger partial charge in [-0.25, -0.2) is 4.79 Å². The van der Waals surface area contributed by atoms with Crippen LogP contribution in [-0.2, 0) is 0 Å². The van der Waals surface area contributed by atoms with Crippen molar-refractivity contribution in [3.05, 3.63) is 28.2 Å². The Morgan fingerprint density at radius 3 is 2.89 bits per heavy atom. The maximum absolute atomic E-state index is 11.1. The van der Waals surface area contributed by atoms with Crippen LogP contribution in [0.15, 0.2) is 22.7 Å². The van der Waals surface area contributed by atoms with E-state index < -0.39 is 5.97 Å². The van der Waals surface area contributed by atoms with E-state index in [4.69, 9.17) is 5.11 Å². The quantitative estimate of drug-likeness (QED) is 0.907. The molecule has 2 aliphatic rings. The van der Waals surface area contributed by atoms with Gasteiger partial charge in [-0.3, -0.25) is 4.90 Å². The van der Waals surface area contributed by atoms with Gasteiger partial charge in [-0.15, -0.1) is 0 Å². The maximum Gasteiger partial charge on any atom is 0.335 e.